The van der Waals surface area contributed by atoms with Gasteiger partial charge in [-0.25, -0.2) is 9.78 Å². The number of pyridine rings is 1. The molecule has 0 bridgehead atoms. The van der Waals surface area contributed by atoms with E-state index >= 15 is 0 Å². The molecule has 4 nitrogen and oxygen atoms in total. The van der Waals surface area contributed by atoms with Crippen molar-refractivity contribution < 1.29 is 9.53 Å². The number of rotatable bonds is 2. The molecule has 0 aromatic carbocycles. The van der Waals surface area contributed by atoms with E-state index in [0.29, 0.717) is 16.5 Å². The van der Waals surface area contributed by atoms with Gasteiger partial charge in [0.2, 0.25) is 0 Å². The minimum absolute atomic E-state index is 0.390. The third-order valence-corrected chi connectivity index (χ3v) is 4.08. The van der Waals surface area contributed by atoms with E-state index in [9.17, 15) is 4.79 Å². The number of thiophene rings is 1. The van der Waals surface area contributed by atoms with Crippen molar-refractivity contribution in [3.63, 3.8) is 0 Å². The maximum absolute atomic E-state index is 11.5. The minimum atomic E-state index is -0.390. The van der Waals surface area contributed by atoms with Crippen LogP contribution in [0.25, 0.3) is 10.2 Å². The number of nitrogen functional groups attached to an aromatic ring is 1. The van der Waals surface area contributed by atoms with E-state index in [0.717, 1.165) is 15.9 Å². The average molecular weight is 248 g/mol. The van der Waals surface area contributed by atoms with Gasteiger partial charge >= 0.3 is 5.97 Å². The van der Waals surface area contributed by atoms with Gasteiger partial charge in [0.05, 0.1) is 12.8 Å². The van der Waals surface area contributed by atoms with Gasteiger partial charge in [-0.1, -0.05) is 0 Å². The molecule has 0 aliphatic heterocycles. The number of nitrogens with zero attached hydrogens (tertiary/aromatic N) is 1. The number of hydrogen-bond donors (Lipinski definition) is 1. The van der Waals surface area contributed by atoms with Crippen LogP contribution in [0.15, 0.2) is 12.1 Å². The van der Waals surface area contributed by atoms with E-state index in [4.69, 9.17) is 10.5 Å². The summed E-state index contributed by atoms with van der Waals surface area (Å²) in [6.07, 6.45) is 2.42. The third-order valence-electron chi connectivity index (χ3n) is 2.98. The lowest BCUT2D eigenvalue weighted by atomic mass is 10.2. The van der Waals surface area contributed by atoms with Crippen molar-refractivity contribution in [2.45, 2.75) is 18.8 Å². The van der Waals surface area contributed by atoms with E-state index in [-0.39, 0.29) is 0 Å². The molecular weight excluding hydrogens is 236 g/mol. The Hall–Kier alpha value is -1.62. The maximum Gasteiger partial charge on any atom is 0.350 e. The number of carbonyl (C=O) groups excluding carboxylic acids is 1. The zero-order valence-corrected chi connectivity index (χ0v) is 10.2. The molecule has 1 aliphatic carbocycles. The number of ether oxygens (including phenoxy) is 1. The van der Waals surface area contributed by atoms with Gasteiger partial charge in [-0.2, -0.15) is 0 Å². The van der Waals surface area contributed by atoms with Crippen LogP contribution in [0, 0.1) is 0 Å². The van der Waals surface area contributed by atoms with Crippen LogP contribution in [-0.2, 0) is 4.74 Å². The van der Waals surface area contributed by atoms with Gasteiger partial charge in [-0.15, -0.1) is 11.3 Å². The topological polar surface area (TPSA) is 65.2 Å². The largest absolute Gasteiger partial charge is 0.465 e. The van der Waals surface area contributed by atoms with Gasteiger partial charge in [0.15, 0.2) is 0 Å². The number of nitrogens with two attached hydrogens (primary N) is 1. The minimum Gasteiger partial charge on any atom is -0.465 e. The molecule has 0 saturated heterocycles. The van der Waals surface area contributed by atoms with Gasteiger partial charge in [-0.3, -0.25) is 0 Å². The monoisotopic (exact) mass is 248 g/mol. The molecule has 0 atom stereocenters. The first kappa shape index (κ1) is 10.5. The number of anilines is 1. The predicted molar refractivity (Wildman–Crippen MR) is 67.3 cm³/mol. The van der Waals surface area contributed by atoms with E-state index in [1.165, 1.54) is 31.3 Å². The summed E-state index contributed by atoms with van der Waals surface area (Å²) in [5.41, 5.74) is 7.51. The highest BCUT2D eigenvalue weighted by molar-refractivity contribution is 7.21. The van der Waals surface area contributed by atoms with Crippen molar-refractivity contribution in [3.8, 4) is 0 Å². The first-order valence-electron chi connectivity index (χ1n) is 5.48. The second-order valence-electron chi connectivity index (χ2n) is 4.20. The number of hydrogen-bond acceptors (Lipinski definition) is 5. The van der Waals surface area contributed by atoms with Gasteiger partial charge in [0.1, 0.15) is 9.71 Å². The quantitative estimate of drug-likeness (QED) is 0.829. The Labute approximate surface area is 102 Å². The van der Waals surface area contributed by atoms with Gasteiger partial charge < -0.3 is 10.5 Å². The Kier molecular flexibility index (Phi) is 2.29. The molecule has 0 spiro atoms. The molecule has 0 radical (unpaired) electrons. The van der Waals surface area contributed by atoms with Gasteiger partial charge in [-0.05, 0) is 25.0 Å². The lowest BCUT2D eigenvalue weighted by Crippen LogP contribution is -2.01. The highest BCUT2D eigenvalue weighted by Gasteiger charge is 2.26. The van der Waals surface area contributed by atoms with Crippen LogP contribution >= 0.6 is 11.3 Å². The molecule has 1 aliphatic rings. The van der Waals surface area contributed by atoms with Crippen molar-refractivity contribution >= 4 is 33.2 Å². The Morgan fingerprint density at radius 1 is 1.53 bits per heavy atom. The van der Waals surface area contributed by atoms with E-state index < -0.39 is 5.97 Å². The number of carbonyl (C=O) groups is 1. The van der Waals surface area contributed by atoms with Crippen molar-refractivity contribution in [2.24, 2.45) is 0 Å². The maximum atomic E-state index is 11.5. The Morgan fingerprint density at radius 3 is 2.94 bits per heavy atom. The molecule has 3 rings (SSSR count). The molecular formula is C12H12N2O2S. The summed E-state index contributed by atoms with van der Waals surface area (Å²) in [5.74, 6) is 0.211. The molecule has 88 valence electrons. The van der Waals surface area contributed by atoms with Crippen molar-refractivity contribution in [1.29, 1.82) is 0 Å². The van der Waals surface area contributed by atoms with Crippen molar-refractivity contribution in [2.75, 3.05) is 12.8 Å². The standard InChI is InChI=1S/C12H12N2O2S/c1-16-12(15)10-9(13)7-4-5-8(6-2-3-6)14-11(7)17-10/h4-6H,2-3,13H2,1H3. The van der Waals surface area contributed by atoms with Crippen LogP contribution in [0.1, 0.15) is 34.1 Å². The summed E-state index contributed by atoms with van der Waals surface area (Å²) in [6.45, 7) is 0. The highest BCUT2D eigenvalue weighted by atomic mass is 32.1. The van der Waals surface area contributed by atoms with Gasteiger partial charge in [0.25, 0.3) is 0 Å². The highest BCUT2D eigenvalue weighted by Crippen LogP contribution is 2.41. The number of fused-ring (bicyclic) bond motifs is 1. The predicted octanol–water partition coefficient (Wildman–Crippen LogP) is 2.54. The second kappa shape index (κ2) is 3.70. The molecule has 17 heavy (non-hydrogen) atoms. The Balaban J connectivity index is 2.14. The normalized spacial score (nSPS) is 15.1. The fourth-order valence-corrected chi connectivity index (χ4v) is 2.88. The fraction of sp³-hybridized carbons (Fsp3) is 0.333. The van der Waals surface area contributed by atoms with E-state index in [1.54, 1.807) is 0 Å². The molecule has 2 aromatic rings. The Morgan fingerprint density at radius 2 is 2.29 bits per heavy atom. The second-order valence-corrected chi connectivity index (χ2v) is 5.20. The summed E-state index contributed by atoms with van der Waals surface area (Å²) in [7, 11) is 1.36. The van der Waals surface area contributed by atoms with Crippen LogP contribution in [0.5, 0.6) is 0 Å². The van der Waals surface area contributed by atoms with Crippen molar-refractivity contribution in [3.05, 3.63) is 22.7 Å². The van der Waals surface area contributed by atoms with E-state index in [2.05, 4.69) is 4.98 Å². The summed E-state index contributed by atoms with van der Waals surface area (Å²) >= 11 is 1.31. The number of esters is 1. The van der Waals surface area contributed by atoms with Gasteiger partial charge in [0, 0.05) is 17.0 Å². The third kappa shape index (κ3) is 1.67. The molecule has 0 unspecified atom stereocenters. The van der Waals surface area contributed by atoms with E-state index in [1.807, 2.05) is 12.1 Å². The summed E-state index contributed by atoms with van der Waals surface area (Å²) in [6, 6.07) is 3.96. The Bertz CT molecular complexity index is 602. The van der Waals surface area contributed by atoms with Crippen LogP contribution < -0.4 is 5.73 Å². The summed E-state index contributed by atoms with van der Waals surface area (Å²) < 4.78 is 4.70. The lowest BCUT2D eigenvalue weighted by Gasteiger charge is -1.97. The SMILES string of the molecule is COC(=O)c1sc2nc(C3CC3)ccc2c1N. The van der Waals surface area contributed by atoms with Crippen molar-refractivity contribution in [1.82, 2.24) is 4.98 Å². The van der Waals surface area contributed by atoms with Crippen LogP contribution in [0.2, 0.25) is 0 Å². The zero-order valence-electron chi connectivity index (χ0n) is 9.40. The molecule has 2 heterocycles. The molecule has 5 heteroatoms. The summed E-state index contributed by atoms with van der Waals surface area (Å²) in [5, 5.41) is 0.847. The van der Waals surface area contributed by atoms with Crippen LogP contribution in [-0.4, -0.2) is 18.1 Å². The molecule has 2 N–H and O–H groups in total. The van der Waals surface area contributed by atoms with Crippen LogP contribution in [0.3, 0.4) is 0 Å². The molecule has 1 saturated carbocycles. The summed E-state index contributed by atoms with van der Waals surface area (Å²) in [4.78, 5) is 17.4. The average Bonchev–Trinajstić information content (AvgIpc) is 3.14. The molecule has 2 aromatic heterocycles. The molecule has 1 fully saturated rings. The lowest BCUT2D eigenvalue weighted by molar-refractivity contribution is 0.0607. The zero-order chi connectivity index (χ0) is 12.0. The molecule has 0 amide bonds. The fourth-order valence-electron chi connectivity index (χ4n) is 1.86. The van der Waals surface area contributed by atoms with Crippen LogP contribution in [0.4, 0.5) is 5.69 Å². The first-order chi connectivity index (χ1) is 8.20. The number of methoxy groups -OCH3 is 1. The smallest absolute Gasteiger partial charge is 0.350 e. The first-order valence-corrected chi connectivity index (χ1v) is 6.29. The number of aromatic nitrogens is 1.